The van der Waals surface area contributed by atoms with Gasteiger partial charge in [0.15, 0.2) is 5.78 Å². The third-order valence-electron chi connectivity index (χ3n) is 5.09. The van der Waals surface area contributed by atoms with Crippen LogP contribution in [0.4, 0.5) is 0 Å². The minimum Gasteiger partial charge on any atom is -0.497 e. The van der Waals surface area contributed by atoms with Crippen molar-refractivity contribution in [3.8, 4) is 5.75 Å². The first-order valence-corrected chi connectivity index (χ1v) is 7.59. The number of rotatable bonds is 3. The number of methoxy groups -OCH3 is 1. The van der Waals surface area contributed by atoms with Crippen molar-refractivity contribution in [1.82, 2.24) is 4.90 Å². The molecule has 2 bridgehead atoms. The normalized spacial score (nSPS) is 30.0. The van der Waals surface area contributed by atoms with E-state index in [9.17, 15) is 4.79 Å². The van der Waals surface area contributed by atoms with Gasteiger partial charge in [0.1, 0.15) is 5.75 Å². The maximum atomic E-state index is 12.7. The van der Waals surface area contributed by atoms with Gasteiger partial charge in [-0.15, -0.1) is 0 Å². The van der Waals surface area contributed by atoms with Gasteiger partial charge in [0.2, 0.25) is 0 Å². The molecule has 0 saturated carbocycles. The summed E-state index contributed by atoms with van der Waals surface area (Å²) in [6, 6.07) is 8.76. The number of benzene rings is 1. The Labute approximate surface area is 120 Å². The zero-order valence-electron chi connectivity index (χ0n) is 12.3. The van der Waals surface area contributed by atoms with Crippen molar-refractivity contribution in [1.29, 1.82) is 0 Å². The first-order valence-electron chi connectivity index (χ1n) is 7.59. The highest BCUT2D eigenvalue weighted by atomic mass is 16.5. The van der Waals surface area contributed by atoms with Crippen molar-refractivity contribution < 1.29 is 9.53 Å². The minimum atomic E-state index is 0.204. The Morgan fingerprint density at radius 2 is 1.75 bits per heavy atom. The highest BCUT2D eigenvalue weighted by Crippen LogP contribution is 2.37. The molecule has 1 aromatic carbocycles. The number of hydrogen-bond acceptors (Lipinski definition) is 3. The van der Waals surface area contributed by atoms with Crippen molar-refractivity contribution in [2.45, 2.75) is 44.2 Å². The molecule has 1 aromatic rings. The number of fused-ring (bicyclic) bond motifs is 2. The van der Waals surface area contributed by atoms with E-state index in [0.717, 1.165) is 24.2 Å². The summed E-state index contributed by atoms with van der Waals surface area (Å²) in [5, 5.41) is 0. The van der Waals surface area contributed by atoms with Crippen molar-refractivity contribution in [2.75, 3.05) is 14.2 Å². The van der Waals surface area contributed by atoms with Gasteiger partial charge in [-0.05, 0) is 57.0 Å². The summed E-state index contributed by atoms with van der Waals surface area (Å²) in [5.41, 5.74) is 0.832. The van der Waals surface area contributed by atoms with Gasteiger partial charge in [-0.1, -0.05) is 6.42 Å². The lowest BCUT2D eigenvalue weighted by Gasteiger charge is -2.46. The Morgan fingerprint density at radius 1 is 1.15 bits per heavy atom. The van der Waals surface area contributed by atoms with Gasteiger partial charge in [-0.2, -0.15) is 0 Å². The highest BCUT2D eigenvalue weighted by molar-refractivity contribution is 5.98. The SMILES string of the molecule is COc1ccc(C(=O)C2CC3CCCC(C2)N3C)cc1. The smallest absolute Gasteiger partial charge is 0.166 e. The fourth-order valence-electron chi connectivity index (χ4n) is 3.82. The molecule has 108 valence electrons. The second kappa shape index (κ2) is 5.57. The number of nitrogens with zero attached hydrogens (tertiary/aromatic N) is 1. The van der Waals surface area contributed by atoms with Crippen molar-refractivity contribution in [3.63, 3.8) is 0 Å². The van der Waals surface area contributed by atoms with Crippen LogP contribution in [0, 0.1) is 5.92 Å². The number of hydrogen-bond donors (Lipinski definition) is 0. The van der Waals surface area contributed by atoms with E-state index in [4.69, 9.17) is 4.74 Å². The molecule has 2 atom stereocenters. The number of ketones is 1. The molecule has 3 nitrogen and oxygen atoms in total. The van der Waals surface area contributed by atoms with Gasteiger partial charge < -0.3 is 9.64 Å². The van der Waals surface area contributed by atoms with Crippen molar-refractivity contribution in [3.05, 3.63) is 29.8 Å². The molecule has 2 saturated heterocycles. The van der Waals surface area contributed by atoms with Crippen LogP contribution >= 0.6 is 0 Å². The van der Waals surface area contributed by atoms with E-state index < -0.39 is 0 Å². The molecule has 0 spiro atoms. The summed E-state index contributed by atoms with van der Waals surface area (Å²) in [4.78, 5) is 15.2. The van der Waals surface area contributed by atoms with Gasteiger partial charge in [-0.3, -0.25) is 4.79 Å². The summed E-state index contributed by atoms with van der Waals surface area (Å²) >= 11 is 0. The molecule has 0 aromatic heterocycles. The Morgan fingerprint density at radius 3 is 2.30 bits per heavy atom. The number of carbonyl (C=O) groups excluding carboxylic acids is 1. The van der Waals surface area contributed by atoms with Crippen LogP contribution in [0.25, 0.3) is 0 Å². The predicted octanol–water partition coefficient (Wildman–Crippen LogP) is 3.14. The summed E-state index contributed by atoms with van der Waals surface area (Å²) in [5.74, 6) is 1.33. The molecule has 20 heavy (non-hydrogen) atoms. The predicted molar refractivity (Wildman–Crippen MR) is 79.2 cm³/mol. The van der Waals surface area contributed by atoms with Crippen molar-refractivity contribution in [2.24, 2.45) is 5.92 Å². The van der Waals surface area contributed by atoms with E-state index in [1.165, 1.54) is 19.3 Å². The Bertz CT molecular complexity index is 468. The average Bonchev–Trinajstić information content (AvgIpc) is 2.46. The van der Waals surface area contributed by atoms with Crippen molar-refractivity contribution >= 4 is 5.78 Å². The zero-order chi connectivity index (χ0) is 14.1. The number of ether oxygens (including phenoxy) is 1. The maximum absolute atomic E-state index is 12.7. The second-order valence-corrected chi connectivity index (χ2v) is 6.17. The third kappa shape index (κ3) is 2.47. The Hall–Kier alpha value is -1.35. The van der Waals surface area contributed by atoms with Crippen LogP contribution in [-0.4, -0.2) is 36.9 Å². The van der Waals surface area contributed by atoms with Gasteiger partial charge >= 0.3 is 0 Å². The van der Waals surface area contributed by atoms with E-state index in [1.54, 1.807) is 7.11 Å². The van der Waals surface area contributed by atoms with Crippen LogP contribution in [0.3, 0.4) is 0 Å². The lowest BCUT2D eigenvalue weighted by Crippen LogP contribution is -2.51. The first-order chi connectivity index (χ1) is 9.69. The lowest BCUT2D eigenvalue weighted by atomic mass is 9.76. The highest BCUT2D eigenvalue weighted by Gasteiger charge is 2.38. The quantitative estimate of drug-likeness (QED) is 0.792. The molecular weight excluding hydrogens is 250 g/mol. The van der Waals surface area contributed by atoms with Gasteiger partial charge in [0.25, 0.3) is 0 Å². The molecule has 0 radical (unpaired) electrons. The topological polar surface area (TPSA) is 29.5 Å². The monoisotopic (exact) mass is 273 g/mol. The fourth-order valence-corrected chi connectivity index (χ4v) is 3.82. The van der Waals surface area contributed by atoms with Gasteiger partial charge in [0.05, 0.1) is 7.11 Å². The van der Waals surface area contributed by atoms with Gasteiger partial charge in [-0.25, -0.2) is 0 Å². The molecule has 3 heteroatoms. The standard InChI is InChI=1S/C17H23NO2/c1-18-14-4-3-5-15(18)11-13(10-14)17(19)12-6-8-16(20-2)9-7-12/h6-9,13-15H,3-5,10-11H2,1-2H3. The third-order valence-corrected chi connectivity index (χ3v) is 5.09. The summed E-state index contributed by atoms with van der Waals surface area (Å²) < 4.78 is 5.15. The van der Waals surface area contributed by atoms with Crippen LogP contribution in [0.15, 0.2) is 24.3 Å². The average molecular weight is 273 g/mol. The molecular formula is C17H23NO2. The largest absolute Gasteiger partial charge is 0.497 e. The summed E-state index contributed by atoms with van der Waals surface area (Å²) in [7, 11) is 3.87. The molecule has 2 heterocycles. The van der Waals surface area contributed by atoms with E-state index in [-0.39, 0.29) is 5.92 Å². The maximum Gasteiger partial charge on any atom is 0.166 e. The molecule has 2 aliphatic rings. The minimum absolute atomic E-state index is 0.204. The molecule has 2 unspecified atom stereocenters. The lowest BCUT2D eigenvalue weighted by molar-refractivity contribution is 0.0338. The van der Waals surface area contributed by atoms with Crippen LogP contribution < -0.4 is 4.74 Å². The molecule has 0 amide bonds. The van der Waals surface area contributed by atoms with Crippen LogP contribution in [0.1, 0.15) is 42.5 Å². The Kier molecular flexibility index (Phi) is 3.79. The molecule has 0 aliphatic carbocycles. The van der Waals surface area contributed by atoms with E-state index in [0.29, 0.717) is 17.9 Å². The Balaban J connectivity index is 1.74. The number of Topliss-reactive ketones (excluding diaryl/α,β-unsaturated/α-hetero) is 1. The van der Waals surface area contributed by atoms with Crippen LogP contribution in [0.2, 0.25) is 0 Å². The fraction of sp³-hybridized carbons (Fsp3) is 0.588. The molecule has 2 aliphatic heterocycles. The first kappa shape index (κ1) is 13.6. The molecule has 0 N–H and O–H groups in total. The second-order valence-electron chi connectivity index (χ2n) is 6.17. The summed E-state index contributed by atoms with van der Waals surface area (Å²) in [6.07, 6.45) is 5.87. The zero-order valence-corrected chi connectivity index (χ0v) is 12.3. The number of piperidine rings is 2. The van der Waals surface area contributed by atoms with Crippen LogP contribution in [-0.2, 0) is 0 Å². The van der Waals surface area contributed by atoms with Crippen LogP contribution in [0.5, 0.6) is 5.75 Å². The molecule has 2 fully saturated rings. The van der Waals surface area contributed by atoms with Gasteiger partial charge in [0, 0.05) is 23.6 Å². The van der Waals surface area contributed by atoms with E-state index >= 15 is 0 Å². The molecule has 3 rings (SSSR count). The van der Waals surface area contributed by atoms with E-state index in [1.807, 2.05) is 24.3 Å². The number of carbonyl (C=O) groups is 1. The summed E-state index contributed by atoms with van der Waals surface area (Å²) in [6.45, 7) is 0. The van der Waals surface area contributed by atoms with E-state index in [2.05, 4.69) is 11.9 Å².